The van der Waals surface area contributed by atoms with Crippen molar-refractivity contribution in [2.45, 2.75) is 97.0 Å². The minimum atomic E-state index is -1.90. The van der Waals surface area contributed by atoms with Gasteiger partial charge in [0.25, 0.3) is 5.91 Å². The highest BCUT2D eigenvalue weighted by molar-refractivity contribution is 6.90. The number of nitrogens with one attached hydrogen (secondary N) is 1. The molecule has 2 atom stereocenters. The number of amides is 2. The molecule has 2 rings (SSSR count). The number of hydrogen-bond donors (Lipinski definition) is 1. The number of likely N-dealkylation sites (tertiary alicyclic amines) is 1. The maximum Gasteiger partial charge on any atom is 0.410 e. The second-order valence-electron chi connectivity index (χ2n) is 11.4. The van der Waals surface area contributed by atoms with Crippen molar-refractivity contribution >= 4 is 20.1 Å². The van der Waals surface area contributed by atoms with Gasteiger partial charge >= 0.3 is 6.09 Å². The zero-order valence-electron chi connectivity index (χ0n) is 22.4. The Balaban J connectivity index is 2.32. The molecule has 1 N–H and O–H groups in total. The fourth-order valence-electron chi connectivity index (χ4n) is 5.20. The van der Waals surface area contributed by atoms with E-state index < -0.39 is 13.7 Å². The Hall–Kier alpha value is -2.33. The number of ether oxygens (including phenoxy) is 1. The monoisotopic (exact) mass is 485 g/mol. The molecule has 0 aliphatic carbocycles. The van der Waals surface area contributed by atoms with Crippen molar-refractivity contribution in [3.05, 3.63) is 30.1 Å². The SMILES string of the molecule is CC(C)[Si](C#C[C@H]1C[C@@H](NC(=O)c2ccccn2)CN(C(=O)OC(C)(C)C)C1)(C(C)C)C(C)C. The number of nitrogens with zero attached hydrogens (tertiary/aromatic N) is 2. The lowest BCUT2D eigenvalue weighted by atomic mass is 9.95. The van der Waals surface area contributed by atoms with Crippen LogP contribution < -0.4 is 5.32 Å². The Kier molecular flexibility index (Phi) is 9.35. The van der Waals surface area contributed by atoms with Crippen LogP contribution in [0.15, 0.2) is 24.4 Å². The van der Waals surface area contributed by atoms with Gasteiger partial charge in [-0.2, -0.15) is 0 Å². The van der Waals surface area contributed by atoms with E-state index in [4.69, 9.17) is 4.74 Å². The lowest BCUT2D eigenvalue weighted by Crippen LogP contribution is -2.53. The van der Waals surface area contributed by atoms with Crippen LogP contribution in [0.1, 0.15) is 79.2 Å². The fourth-order valence-corrected chi connectivity index (χ4v) is 10.5. The third-order valence-electron chi connectivity index (χ3n) is 6.69. The normalized spacial score (nSPS) is 19.1. The molecule has 7 heteroatoms. The standard InChI is InChI=1S/C27H43N3O3Si/c1-19(2)34(20(3)4,21(5)6)15-13-22-16-23(29-25(31)24-12-10-11-14-28-24)18-30(17-22)26(32)33-27(7,8)9/h10-12,14,19-23H,16-18H2,1-9H3,(H,29,31)/t22-,23+/m0/s1. The van der Waals surface area contributed by atoms with E-state index in [1.165, 1.54) is 0 Å². The predicted molar refractivity (Wildman–Crippen MR) is 140 cm³/mol. The summed E-state index contributed by atoms with van der Waals surface area (Å²) in [6.07, 6.45) is 1.94. The van der Waals surface area contributed by atoms with E-state index >= 15 is 0 Å². The van der Waals surface area contributed by atoms with Crippen molar-refractivity contribution < 1.29 is 14.3 Å². The molecule has 0 aromatic carbocycles. The zero-order chi connectivity index (χ0) is 25.7. The molecule has 1 aliphatic heterocycles. The second kappa shape index (κ2) is 11.4. The van der Waals surface area contributed by atoms with Crippen LogP contribution in [0, 0.1) is 17.4 Å². The summed E-state index contributed by atoms with van der Waals surface area (Å²) in [6.45, 7) is 20.3. The molecule has 6 nitrogen and oxygen atoms in total. The molecular weight excluding hydrogens is 442 g/mol. The number of aromatic nitrogens is 1. The summed E-state index contributed by atoms with van der Waals surface area (Å²) in [7, 11) is -1.90. The average molecular weight is 486 g/mol. The van der Waals surface area contributed by atoms with E-state index in [1.807, 2.05) is 20.8 Å². The van der Waals surface area contributed by atoms with E-state index in [0.717, 1.165) is 0 Å². The van der Waals surface area contributed by atoms with Gasteiger partial charge in [0, 0.05) is 31.2 Å². The van der Waals surface area contributed by atoms with E-state index in [0.29, 0.717) is 41.8 Å². The van der Waals surface area contributed by atoms with Crippen molar-refractivity contribution in [1.82, 2.24) is 15.2 Å². The smallest absolute Gasteiger partial charge is 0.410 e. The molecule has 188 valence electrons. The van der Waals surface area contributed by atoms with Crippen molar-refractivity contribution in [3.8, 4) is 11.5 Å². The highest BCUT2D eigenvalue weighted by atomic mass is 28.3. The van der Waals surface area contributed by atoms with Gasteiger partial charge in [-0.1, -0.05) is 47.6 Å². The van der Waals surface area contributed by atoms with Crippen molar-refractivity contribution in [3.63, 3.8) is 0 Å². The molecule has 1 aliphatic rings. The van der Waals surface area contributed by atoms with Gasteiger partial charge in [-0.25, -0.2) is 4.79 Å². The Labute approximate surface area is 207 Å². The first-order valence-corrected chi connectivity index (χ1v) is 14.7. The molecule has 34 heavy (non-hydrogen) atoms. The number of carbonyl (C=O) groups is 2. The molecule has 2 amide bonds. The van der Waals surface area contributed by atoms with Crippen LogP contribution in [0.3, 0.4) is 0 Å². The van der Waals surface area contributed by atoms with Gasteiger partial charge in [-0.15, -0.1) is 11.5 Å². The van der Waals surface area contributed by atoms with Crippen LogP contribution in [-0.4, -0.2) is 54.7 Å². The van der Waals surface area contributed by atoms with E-state index in [1.54, 1.807) is 29.3 Å². The Morgan fingerprint density at radius 3 is 2.21 bits per heavy atom. The third kappa shape index (κ3) is 7.08. The third-order valence-corrected chi connectivity index (χ3v) is 13.0. The largest absolute Gasteiger partial charge is 0.444 e. The fraction of sp³-hybridized carbons (Fsp3) is 0.667. The van der Waals surface area contributed by atoms with Gasteiger partial charge in [0.1, 0.15) is 19.4 Å². The first-order valence-electron chi connectivity index (χ1n) is 12.5. The first kappa shape index (κ1) is 27.9. The lowest BCUT2D eigenvalue weighted by Gasteiger charge is -2.39. The molecule has 1 saturated heterocycles. The predicted octanol–water partition coefficient (Wildman–Crippen LogP) is 5.66. The molecule has 0 radical (unpaired) electrons. The average Bonchev–Trinajstić information content (AvgIpc) is 2.72. The molecule has 1 aromatic rings. The summed E-state index contributed by atoms with van der Waals surface area (Å²) in [6, 6.07) is 5.04. The molecule has 1 aromatic heterocycles. The first-order chi connectivity index (χ1) is 15.8. The number of hydrogen-bond acceptors (Lipinski definition) is 4. The Morgan fingerprint density at radius 2 is 1.71 bits per heavy atom. The van der Waals surface area contributed by atoms with E-state index in [2.05, 4.69) is 63.3 Å². The van der Waals surface area contributed by atoms with Gasteiger partial charge in [0.15, 0.2) is 0 Å². The van der Waals surface area contributed by atoms with E-state index in [-0.39, 0.29) is 24.0 Å². The van der Waals surface area contributed by atoms with E-state index in [9.17, 15) is 9.59 Å². The summed E-state index contributed by atoms with van der Waals surface area (Å²) < 4.78 is 5.65. The van der Waals surface area contributed by atoms with Gasteiger partial charge < -0.3 is 15.0 Å². The van der Waals surface area contributed by atoms with Gasteiger partial charge in [0.2, 0.25) is 0 Å². The number of rotatable bonds is 5. The van der Waals surface area contributed by atoms with Gasteiger partial charge in [0.05, 0.1) is 0 Å². The van der Waals surface area contributed by atoms with Gasteiger partial charge in [-0.05, 0) is 55.9 Å². The van der Waals surface area contributed by atoms with Gasteiger partial charge in [-0.3, -0.25) is 9.78 Å². The molecule has 2 heterocycles. The van der Waals surface area contributed by atoms with Crippen molar-refractivity contribution in [2.75, 3.05) is 13.1 Å². The molecule has 0 saturated carbocycles. The number of pyridine rings is 1. The molecule has 1 fully saturated rings. The van der Waals surface area contributed by atoms with Crippen molar-refractivity contribution in [2.24, 2.45) is 5.92 Å². The molecular formula is C27H43N3O3Si. The summed E-state index contributed by atoms with van der Waals surface area (Å²) in [5.41, 5.74) is 5.18. The van der Waals surface area contributed by atoms with Crippen molar-refractivity contribution in [1.29, 1.82) is 0 Å². The maximum absolute atomic E-state index is 12.9. The second-order valence-corrected chi connectivity index (χ2v) is 16.9. The van der Waals surface area contributed by atoms with Crippen LogP contribution in [0.5, 0.6) is 0 Å². The van der Waals surface area contributed by atoms with Crippen LogP contribution in [0.4, 0.5) is 4.79 Å². The minimum Gasteiger partial charge on any atom is -0.444 e. The van der Waals surface area contributed by atoms with Crippen LogP contribution >= 0.6 is 0 Å². The Bertz CT molecular complexity index is 875. The number of piperidine rings is 1. The summed E-state index contributed by atoms with van der Waals surface area (Å²) in [5.74, 6) is 3.33. The van der Waals surface area contributed by atoms with Crippen LogP contribution in [0.25, 0.3) is 0 Å². The highest BCUT2D eigenvalue weighted by Gasteiger charge is 2.42. The molecule has 0 unspecified atom stereocenters. The summed E-state index contributed by atoms with van der Waals surface area (Å²) in [5, 5.41) is 3.07. The minimum absolute atomic E-state index is 0.0292. The lowest BCUT2D eigenvalue weighted by molar-refractivity contribution is 0.0155. The quantitative estimate of drug-likeness (QED) is 0.432. The molecule has 0 spiro atoms. The maximum atomic E-state index is 12.9. The number of carbonyl (C=O) groups excluding carboxylic acids is 2. The zero-order valence-corrected chi connectivity index (χ0v) is 23.4. The molecule has 0 bridgehead atoms. The van der Waals surface area contributed by atoms with Crippen LogP contribution in [0.2, 0.25) is 16.6 Å². The Morgan fingerprint density at radius 1 is 1.09 bits per heavy atom. The topological polar surface area (TPSA) is 71.5 Å². The summed E-state index contributed by atoms with van der Waals surface area (Å²) >= 11 is 0. The summed E-state index contributed by atoms with van der Waals surface area (Å²) in [4.78, 5) is 31.5. The highest BCUT2D eigenvalue weighted by Crippen LogP contribution is 2.41. The van der Waals surface area contributed by atoms with Crippen LogP contribution in [-0.2, 0) is 4.74 Å².